The molecule has 92 valence electrons. The highest BCUT2D eigenvalue weighted by Crippen LogP contribution is 2.33. The molecule has 7 heteroatoms. The van der Waals surface area contributed by atoms with Gasteiger partial charge in [-0.2, -0.15) is 9.61 Å². The Morgan fingerprint density at radius 1 is 1.47 bits per heavy atom. The Labute approximate surface area is 103 Å². The summed E-state index contributed by atoms with van der Waals surface area (Å²) in [6.07, 6.45) is 4.26. The molecule has 3 rings (SSSR count). The second kappa shape index (κ2) is 4.01. The van der Waals surface area contributed by atoms with E-state index in [1.54, 1.807) is 23.0 Å². The monoisotopic (exact) mass is 253 g/mol. The highest BCUT2D eigenvalue weighted by Gasteiger charge is 2.33. The number of nitrogens with two attached hydrogens (primary N) is 1. The summed E-state index contributed by atoms with van der Waals surface area (Å²) in [4.78, 5) is 0.815. The number of rotatable bonds is 4. The van der Waals surface area contributed by atoms with Crippen molar-refractivity contribution in [3.05, 3.63) is 10.8 Å². The molecule has 1 aliphatic carbocycles. The number of ether oxygens (including phenoxy) is 1. The molecule has 1 aliphatic rings. The Bertz CT molecular complexity index is 530. The van der Waals surface area contributed by atoms with Crippen LogP contribution in [0, 0.1) is 0 Å². The maximum absolute atomic E-state index is 6.22. The number of hydrogen-bond acceptors (Lipinski definition) is 6. The Hall–Kier alpha value is -1.05. The molecule has 0 radical (unpaired) electrons. The molecule has 2 aromatic heterocycles. The third kappa shape index (κ3) is 1.94. The lowest BCUT2D eigenvalue weighted by molar-refractivity contribution is 0.176. The van der Waals surface area contributed by atoms with E-state index in [-0.39, 0.29) is 5.54 Å². The second-order valence-corrected chi connectivity index (χ2v) is 5.67. The molecule has 0 bridgehead atoms. The van der Waals surface area contributed by atoms with Crippen LogP contribution in [-0.2, 0) is 17.8 Å². The van der Waals surface area contributed by atoms with Crippen LogP contribution in [0.3, 0.4) is 0 Å². The molecular formula is C10H15N5OS. The molecule has 6 nitrogen and oxygen atoms in total. The first-order valence-electron chi connectivity index (χ1n) is 5.68. The molecule has 0 amide bonds. The van der Waals surface area contributed by atoms with E-state index in [4.69, 9.17) is 10.5 Å². The minimum Gasteiger partial charge on any atom is -0.377 e. The summed E-state index contributed by atoms with van der Waals surface area (Å²) in [7, 11) is 1.64. The zero-order valence-corrected chi connectivity index (χ0v) is 10.5. The summed E-state index contributed by atoms with van der Waals surface area (Å²) in [6.45, 7) is 0.429. The van der Waals surface area contributed by atoms with Gasteiger partial charge in [0, 0.05) is 19.1 Å². The van der Waals surface area contributed by atoms with E-state index in [0.717, 1.165) is 35.1 Å². The summed E-state index contributed by atoms with van der Waals surface area (Å²) >= 11 is 1.56. The van der Waals surface area contributed by atoms with Crippen LogP contribution in [0.25, 0.3) is 4.96 Å². The Balaban J connectivity index is 1.86. The molecule has 1 fully saturated rings. The summed E-state index contributed by atoms with van der Waals surface area (Å²) in [6, 6.07) is 0. The fraction of sp³-hybridized carbons (Fsp3) is 0.700. The number of nitrogens with zero attached hydrogens (tertiary/aromatic N) is 4. The number of methoxy groups -OCH3 is 1. The van der Waals surface area contributed by atoms with Crippen LogP contribution < -0.4 is 5.73 Å². The van der Waals surface area contributed by atoms with Gasteiger partial charge in [-0.25, -0.2) is 0 Å². The molecule has 2 aromatic rings. The summed E-state index contributed by atoms with van der Waals surface area (Å²) < 4.78 is 6.81. The predicted octanol–water partition coefficient (Wildman–Crippen LogP) is 0.756. The van der Waals surface area contributed by atoms with Gasteiger partial charge in [0.1, 0.15) is 11.6 Å². The molecular weight excluding hydrogens is 238 g/mol. The van der Waals surface area contributed by atoms with Gasteiger partial charge in [0.25, 0.3) is 0 Å². The van der Waals surface area contributed by atoms with Crippen molar-refractivity contribution in [2.75, 3.05) is 7.11 Å². The molecule has 0 saturated heterocycles. The maximum Gasteiger partial charge on any atom is 0.234 e. The fourth-order valence-corrected chi connectivity index (χ4v) is 3.10. The third-order valence-corrected chi connectivity index (χ3v) is 4.12. The van der Waals surface area contributed by atoms with Gasteiger partial charge in [-0.3, -0.25) is 0 Å². The van der Waals surface area contributed by atoms with E-state index < -0.39 is 0 Å². The van der Waals surface area contributed by atoms with Crippen molar-refractivity contribution in [3.8, 4) is 0 Å². The van der Waals surface area contributed by atoms with Crippen LogP contribution >= 0.6 is 11.3 Å². The topological polar surface area (TPSA) is 78.3 Å². The lowest BCUT2D eigenvalue weighted by Gasteiger charge is -2.37. The molecule has 0 aromatic carbocycles. The van der Waals surface area contributed by atoms with Gasteiger partial charge < -0.3 is 10.5 Å². The van der Waals surface area contributed by atoms with Crippen molar-refractivity contribution >= 4 is 16.3 Å². The van der Waals surface area contributed by atoms with Crippen LogP contribution in [0.4, 0.5) is 0 Å². The summed E-state index contributed by atoms with van der Waals surface area (Å²) in [5.41, 5.74) is 6.18. The first-order valence-corrected chi connectivity index (χ1v) is 6.50. The zero-order valence-electron chi connectivity index (χ0n) is 9.72. The third-order valence-electron chi connectivity index (χ3n) is 3.22. The average molecular weight is 253 g/mol. The van der Waals surface area contributed by atoms with Crippen LogP contribution in [0.5, 0.6) is 0 Å². The Morgan fingerprint density at radius 2 is 2.29 bits per heavy atom. The molecule has 0 spiro atoms. The van der Waals surface area contributed by atoms with E-state index in [0.29, 0.717) is 6.61 Å². The largest absolute Gasteiger partial charge is 0.377 e. The smallest absolute Gasteiger partial charge is 0.234 e. The summed E-state index contributed by atoms with van der Waals surface area (Å²) in [5.74, 6) is 0.740. The van der Waals surface area contributed by atoms with E-state index in [1.165, 1.54) is 6.42 Å². The molecule has 0 atom stereocenters. The Morgan fingerprint density at radius 3 is 2.94 bits per heavy atom. The maximum atomic E-state index is 6.22. The fourth-order valence-electron chi connectivity index (χ4n) is 2.10. The molecule has 1 saturated carbocycles. The zero-order chi connectivity index (χ0) is 11.9. The molecule has 2 N–H and O–H groups in total. The van der Waals surface area contributed by atoms with Crippen LogP contribution in [0.15, 0.2) is 0 Å². The van der Waals surface area contributed by atoms with Crippen LogP contribution in [-0.4, -0.2) is 32.5 Å². The van der Waals surface area contributed by atoms with Gasteiger partial charge in [-0.15, -0.1) is 10.2 Å². The molecule has 0 unspecified atom stereocenters. The van der Waals surface area contributed by atoms with Gasteiger partial charge in [0.2, 0.25) is 4.96 Å². The highest BCUT2D eigenvalue weighted by atomic mass is 32.1. The lowest BCUT2D eigenvalue weighted by Crippen LogP contribution is -2.48. The highest BCUT2D eigenvalue weighted by molar-refractivity contribution is 7.16. The Kier molecular flexibility index (Phi) is 2.61. The van der Waals surface area contributed by atoms with Crippen molar-refractivity contribution in [2.24, 2.45) is 5.73 Å². The van der Waals surface area contributed by atoms with Crippen molar-refractivity contribution < 1.29 is 4.74 Å². The van der Waals surface area contributed by atoms with Crippen molar-refractivity contribution in [1.82, 2.24) is 19.8 Å². The van der Waals surface area contributed by atoms with Crippen LogP contribution in [0.1, 0.15) is 30.1 Å². The number of fused-ring (bicyclic) bond motifs is 1. The number of hydrogen-bond donors (Lipinski definition) is 1. The predicted molar refractivity (Wildman–Crippen MR) is 63.8 cm³/mol. The van der Waals surface area contributed by atoms with E-state index in [9.17, 15) is 0 Å². The van der Waals surface area contributed by atoms with E-state index >= 15 is 0 Å². The van der Waals surface area contributed by atoms with Gasteiger partial charge in [0.15, 0.2) is 5.82 Å². The van der Waals surface area contributed by atoms with Crippen LogP contribution in [0.2, 0.25) is 0 Å². The minimum absolute atomic E-state index is 0.0370. The first kappa shape index (κ1) is 11.1. The standard InChI is InChI=1S/C10H15N5OS/c1-16-6-7-12-13-9-15(7)14-8(17-9)5-10(11)3-2-4-10/h2-6,11H2,1H3. The normalized spacial score (nSPS) is 18.5. The van der Waals surface area contributed by atoms with Crippen molar-refractivity contribution in [1.29, 1.82) is 0 Å². The first-order chi connectivity index (χ1) is 8.20. The van der Waals surface area contributed by atoms with Gasteiger partial charge in [-0.1, -0.05) is 11.3 Å². The number of aromatic nitrogens is 4. The lowest BCUT2D eigenvalue weighted by atomic mass is 9.75. The van der Waals surface area contributed by atoms with Crippen molar-refractivity contribution in [3.63, 3.8) is 0 Å². The average Bonchev–Trinajstić information content (AvgIpc) is 2.78. The SMILES string of the molecule is COCc1nnc2sc(CC3(N)CCC3)nn12. The second-order valence-electron chi connectivity index (χ2n) is 4.63. The van der Waals surface area contributed by atoms with E-state index in [1.807, 2.05) is 0 Å². The van der Waals surface area contributed by atoms with Gasteiger partial charge in [0.05, 0.1) is 0 Å². The molecule has 2 heterocycles. The summed E-state index contributed by atoms with van der Waals surface area (Å²) in [5, 5.41) is 13.6. The molecule has 0 aliphatic heterocycles. The van der Waals surface area contributed by atoms with Gasteiger partial charge in [-0.05, 0) is 19.3 Å². The quantitative estimate of drug-likeness (QED) is 0.870. The van der Waals surface area contributed by atoms with E-state index in [2.05, 4.69) is 15.3 Å². The van der Waals surface area contributed by atoms with Crippen molar-refractivity contribution in [2.45, 2.75) is 37.8 Å². The minimum atomic E-state index is -0.0370. The van der Waals surface area contributed by atoms with Gasteiger partial charge >= 0.3 is 0 Å². The molecule has 17 heavy (non-hydrogen) atoms.